The molecule has 0 amide bonds. The third-order valence-corrected chi connectivity index (χ3v) is 3.96. The highest BCUT2D eigenvalue weighted by molar-refractivity contribution is 5.87. The first-order chi connectivity index (χ1) is 14.1. The summed E-state index contributed by atoms with van der Waals surface area (Å²) in [6.45, 7) is -0.604. The van der Waals surface area contributed by atoms with Crippen LogP contribution in [0.4, 0.5) is 26.3 Å². The maximum atomic E-state index is 12.9. The molecule has 3 aromatic rings. The van der Waals surface area contributed by atoms with E-state index in [0.717, 1.165) is 12.1 Å². The van der Waals surface area contributed by atoms with E-state index in [-0.39, 0.29) is 27.9 Å². The van der Waals surface area contributed by atoms with E-state index in [4.69, 9.17) is 0 Å². The zero-order valence-corrected chi connectivity index (χ0v) is 15.0. The molecule has 0 saturated carbocycles. The Morgan fingerprint density at radius 3 is 1.77 bits per heavy atom. The van der Waals surface area contributed by atoms with Crippen LogP contribution in [-0.4, -0.2) is 22.8 Å². The molecular weight excluding hydrogens is 416 g/mol. The second kappa shape index (κ2) is 8.23. The zero-order valence-electron chi connectivity index (χ0n) is 15.0. The summed E-state index contributed by atoms with van der Waals surface area (Å²) in [6, 6.07) is 11.5. The molecule has 0 unspecified atom stereocenters. The van der Waals surface area contributed by atoms with Crippen molar-refractivity contribution in [3.63, 3.8) is 0 Å². The van der Waals surface area contributed by atoms with E-state index in [0.29, 0.717) is 0 Å². The molecule has 0 atom stereocenters. The number of aliphatic hydroxyl groups is 1. The van der Waals surface area contributed by atoms with Gasteiger partial charge in [0.15, 0.2) is 0 Å². The van der Waals surface area contributed by atoms with E-state index in [2.05, 4.69) is 14.5 Å². The van der Waals surface area contributed by atoms with Gasteiger partial charge in [-0.15, -0.1) is 26.3 Å². The van der Waals surface area contributed by atoms with Gasteiger partial charge < -0.3 is 14.6 Å². The molecule has 2 aromatic carbocycles. The topological polar surface area (TPSA) is 51.6 Å². The summed E-state index contributed by atoms with van der Waals surface area (Å²) in [5, 5.41) is 9.73. The number of rotatable bonds is 5. The lowest BCUT2D eigenvalue weighted by molar-refractivity contribution is -0.275. The smallest absolute Gasteiger partial charge is 0.405 e. The fourth-order valence-electron chi connectivity index (χ4n) is 2.90. The summed E-state index contributed by atoms with van der Waals surface area (Å²) in [5.41, 5.74) is -0.219. The Bertz CT molecular complexity index is 1030. The molecule has 10 heteroatoms. The van der Waals surface area contributed by atoms with Crippen molar-refractivity contribution >= 4 is 0 Å². The highest BCUT2D eigenvalue weighted by Crippen LogP contribution is 2.43. The van der Waals surface area contributed by atoms with E-state index in [1.165, 1.54) is 48.7 Å². The molecule has 0 radical (unpaired) electrons. The second-order valence-corrected chi connectivity index (χ2v) is 5.94. The lowest BCUT2D eigenvalue weighted by atomic mass is 9.94. The minimum atomic E-state index is -5.00. The van der Waals surface area contributed by atoms with Gasteiger partial charge in [-0.05, 0) is 29.8 Å². The number of ether oxygens (including phenoxy) is 2. The second-order valence-electron chi connectivity index (χ2n) is 5.94. The van der Waals surface area contributed by atoms with Crippen molar-refractivity contribution in [1.29, 1.82) is 0 Å². The molecule has 1 N–H and O–H groups in total. The molecule has 30 heavy (non-hydrogen) atoms. The van der Waals surface area contributed by atoms with Crippen molar-refractivity contribution in [1.82, 2.24) is 4.98 Å². The highest BCUT2D eigenvalue weighted by atomic mass is 19.4. The van der Waals surface area contributed by atoms with E-state index >= 15 is 0 Å². The molecule has 0 fully saturated rings. The summed E-state index contributed by atoms with van der Waals surface area (Å²) < 4.78 is 85.2. The van der Waals surface area contributed by atoms with E-state index < -0.39 is 30.8 Å². The number of benzene rings is 2. The maximum Gasteiger partial charge on any atom is 0.573 e. The van der Waals surface area contributed by atoms with Crippen LogP contribution in [-0.2, 0) is 6.61 Å². The number of halogens is 6. The molecule has 0 saturated heterocycles. The SMILES string of the molecule is OCc1ccnc(-c2ccccc2OC(F)(F)F)c1-c1ccccc1OC(F)(F)F. The van der Waals surface area contributed by atoms with Crippen molar-refractivity contribution in [2.24, 2.45) is 0 Å². The Kier molecular flexibility index (Phi) is 5.88. The quantitative estimate of drug-likeness (QED) is 0.529. The Morgan fingerprint density at radius 1 is 0.733 bits per heavy atom. The predicted octanol–water partition coefficient (Wildman–Crippen LogP) is 5.71. The number of hydrogen-bond donors (Lipinski definition) is 1. The average molecular weight is 429 g/mol. The Morgan fingerprint density at radius 2 is 1.23 bits per heavy atom. The van der Waals surface area contributed by atoms with Gasteiger partial charge in [0.25, 0.3) is 0 Å². The van der Waals surface area contributed by atoms with Crippen molar-refractivity contribution in [3.8, 4) is 33.9 Å². The van der Waals surface area contributed by atoms with Crippen LogP contribution in [0, 0.1) is 0 Å². The number of aromatic nitrogens is 1. The summed E-state index contributed by atoms with van der Waals surface area (Å²) in [7, 11) is 0. The first-order valence-electron chi connectivity index (χ1n) is 8.38. The molecule has 0 aliphatic rings. The van der Waals surface area contributed by atoms with Gasteiger partial charge in [-0.1, -0.05) is 30.3 Å². The van der Waals surface area contributed by atoms with Gasteiger partial charge in [0.2, 0.25) is 0 Å². The van der Waals surface area contributed by atoms with Gasteiger partial charge in [-0.3, -0.25) is 4.98 Å². The molecule has 4 nitrogen and oxygen atoms in total. The van der Waals surface area contributed by atoms with Crippen molar-refractivity contribution in [2.75, 3.05) is 0 Å². The normalized spacial score (nSPS) is 12.0. The molecule has 0 bridgehead atoms. The third kappa shape index (κ3) is 5.01. The first-order valence-corrected chi connectivity index (χ1v) is 8.38. The van der Waals surface area contributed by atoms with Gasteiger partial charge >= 0.3 is 12.7 Å². The summed E-state index contributed by atoms with van der Waals surface area (Å²) >= 11 is 0. The Labute approximate surface area is 166 Å². The monoisotopic (exact) mass is 429 g/mol. The first kappa shape index (κ1) is 21.4. The average Bonchev–Trinajstić information content (AvgIpc) is 2.66. The minimum Gasteiger partial charge on any atom is -0.405 e. The molecule has 1 aromatic heterocycles. The Hall–Kier alpha value is -3.27. The van der Waals surface area contributed by atoms with Gasteiger partial charge in [-0.2, -0.15) is 0 Å². The fourth-order valence-corrected chi connectivity index (χ4v) is 2.90. The lowest BCUT2D eigenvalue weighted by Gasteiger charge is -2.19. The van der Waals surface area contributed by atoms with Crippen LogP contribution in [0.2, 0.25) is 0 Å². The van der Waals surface area contributed by atoms with Gasteiger partial charge in [-0.25, -0.2) is 0 Å². The van der Waals surface area contributed by atoms with Crippen LogP contribution in [0.25, 0.3) is 22.4 Å². The van der Waals surface area contributed by atoms with Gasteiger partial charge in [0.1, 0.15) is 11.5 Å². The number of nitrogens with zero attached hydrogens (tertiary/aromatic N) is 1. The molecule has 158 valence electrons. The number of hydrogen-bond acceptors (Lipinski definition) is 4. The third-order valence-electron chi connectivity index (χ3n) is 3.96. The lowest BCUT2D eigenvalue weighted by Crippen LogP contribution is -2.18. The van der Waals surface area contributed by atoms with Crippen LogP contribution >= 0.6 is 0 Å². The standard InChI is InChI=1S/C20H13F6NO3/c21-19(22,23)29-15-7-3-1-5-13(15)17-12(11-28)9-10-27-18(17)14-6-2-4-8-16(14)30-20(24,25)26/h1-10,28H,11H2. The largest absolute Gasteiger partial charge is 0.573 e. The van der Waals surface area contributed by atoms with E-state index in [9.17, 15) is 31.4 Å². The summed E-state index contributed by atoms with van der Waals surface area (Å²) in [5.74, 6) is -1.19. The number of aliphatic hydroxyl groups excluding tert-OH is 1. The van der Waals surface area contributed by atoms with Crippen LogP contribution in [0.5, 0.6) is 11.5 Å². The molecule has 0 aliphatic heterocycles. The molecule has 0 aliphatic carbocycles. The van der Waals surface area contributed by atoms with Crippen LogP contribution in [0.1, 0.15) is 5.56 Å². The van der Waals surface area contributed by atoms with Crippen LogP contribution in [0.15, 0.2) is 60.8 Å². The number of para-hydroxylation sites is 2. The Balaban J connectivity index is 2.26. The molecular formula is C20H13F6NO3. The highest BCUT2D eigenvalue weighted by Gasteiger charge is 2.34. The van der Waals surface area contributed by atoms with Crippen molar-refractivity contribution in [2.45, 2.75) is 19.3 Å². The van der Waals surface area contributed by atoms with Crippen LogP contribution < -0.4 is 9.47 Å². The zero-order chi connectivity index (χ0) is 21.9. The summed E-state index contributed by atoms with van der Waals surface area (Å²) in [4.78, 5) is 4.07. The van der Waals surface area contributed by atoms with Crippen molar-refractivity contribution < 1.29 is 40.9 Å². The summed E-state index contributed by atoms with van der Waals surface area (Å²) in [6.07, 6.45) is -8.78. The predicted molar refractivity (Wildman–Crippen MR) is 94.4 cm³/mol. The van der Waals surface area contributed by atoms with Gasteiger partial charge in [0.05, 0.1) is 12.3 Å². The minimum absolute atomic E-state index is 0.0157. The fraction of sp³-hybridized carbons (Fsp3) is 0.150. The number of alkyl halides is 6. The maximum absolute atomic E-state index is 12.9. The number of pyridine rings is 1. The molecule has 3 rings (SSSR count). The molecule has 0 spiro atoms. The van der Waals surface area contributed by atoms with Crippen molar-refractivity contribution in [3.05, 3.63) is 66.4 Å². The van der Waals surface area contributed by atoms with Gasteiger partial charge in [0, 0.05) is 22.9 Å². The van der Waals surface area contributed by atoms with E-state index in [1.807, 2.05) is 0 Å². The van der Waals surface area contributed by atoms with E-state index in [1.54, 1.807) is 0 Å². The molecule has 1 heterocycles. The van der Waals surface area contributed by atoms with Crippen LogP contribution in [0.3, 0.4) is 0 Å².